The molecule has 1 aliphatic rings. The van der Waals surface area contributed by atoms with Crippen molar-refractivity contribution in [1.82, 2.24) is 30.5 Å². The van der Waals surface area contributed by atoms with E-state index in [2.05, 4.69) is 42.8 Å². The Morgan fingerprint density at radius 1 is 1.11 bits per heavy atom. The number of nitrogens with zero attached hydrogens (tertiary/aromatic N) is 3. The van der Waals surface area contributed by atoms with Crippen LogP contribution >= 0.6 is 11.3 Å². The van der Waals surface area contributed by atoms with Crippen LogP contribution in [0.3, 0.4) is 0 Å². The third-order valence-corrected chi connectivity index (χ3v) is 8.69. The second-order valence-corrected chi connectivity index (χ2v) is 12.0. The number of fused-ring (bicyclic) bond motifs is 1. The van der Waals surface area contributed by atoms with E-state index in [9.17, 15) is 27.6 Å². The average Bonchev–Trinajstić information content (AvgIpc) is 3.52. The van der Waals surface area contributed by atoms with Gasteiger partial charge in [0.1, 0.15) is 16.4 Å². The molecule has 1 aliphatic heterocycles. The van der Waals surface area contributed by atoms with Crippen LogP contribution in [-0.2, 0) is 6.18 Å². The molecule has 0 saturated carbocycles. The van der Waals surface area contributed by atoms with Gasteiger partial charge in [0.2, 0.25) is 5.43 Å². The second-order valence-electron chi connectivity index (χ2n) is 11.1. The van der Waals surface area contributed by atoms with Crippen LogP contribution in [-0.4, -0.2) is 65.0 Å². The highest BCUT2D eigenvalue weighted by atomic mass is 32.1. The van der Waals surface area contributed by atoms with Crippen LogP contribution in [0.1, 0.15) is 48.7 Å². The Hall–Kier alpha value is -4.30. The number of amides is 3. The van der Waals surface area contributed by atoms with Gasteiger partial charge in [-0.1, -0.05) is 13.0 Å². The summed E-state index contributed by atoms with van der Waals surface area (Å²) in [5, 5.41) is 9.33. The molecule has 10 nitrogen and oxygen atoms in total. The minimum Gasteiger partial charge on any atom is -0.360 e. The molecule has 45 heavy (non-hydrogen) atoms. The van der Waals surface area contributed by atoms with Crippen LogP contribution in [0.15, 0.2) is 46.8 Å². The monoisotopic (exact) mass is 641 g/mol. The molecule has 4 N–H and O–H groups in total. The van der Waals surface area contributed by atoms with Crippen molar-refractivity contribution >= 4 is 40.0 Å². The van der Waals surface area contributed by atoms with Crippen molar-refractivity contribution in [3.05, 3.63) is 63.5 Å². The van der Waals surface area contributed by atoms with Gasteiger partial charge in [-0.3, -0.25) is 14.9 Å². The van der Waals surface area contributed by atoms with E-state index in [1.54, 1.807) is 18.2 Å². The average molecular weight is 642 g/mol. The van der Waals surface area contributed by atoms with E-state index in [1.165, 1.54) is 18.5 Å². The Labute approximate surface area is 261 Å². The van der Waals surface area contributed by atoms with Crippen molar-refractivity contribution in [2.75, 3.05) is 38.5 Å². The predicted molar refractivity (Wildman–Crippen MR) is 168 cm³/mol. The van der Waals surface area contributed by atoms with E-state index in [0.717, 1.165) is 49.1 Å². The molecule has 3 aromatic heterocycles. The number of piperidine rings is 1. The number of halogens is 3. The Morgan fingerprint density at radius 3 is 2.60 bits per heavy atom. The van der Waals surface area contributed by atoms with Crippen molar-refractivity contribution in [1.29, 1.82) is 0 Å². The molecule has 238 valence electrons. The van der Waals surface area contributed by atoms with Gasteiger partial charge in [0.05, 0.1) is 0 Å². The zero-order valence-corrected chi connectivity index (χ0v) is 25.7. The number of aromatic nitrogens is 3. The molecule has 1 saturated heterocycles. The fourth-order valence-corrected chi connectivity index (χ4v) is 6.10. The van der Waals surface area contributed by atoms with Gasteiger partial charge in [-0.2, -0.15) is 13.2 Å². The van der Waals surface area contributed by atoms with E-state index in [0.29, 0.717) is 42.1 Å². The number of hydrogen-bond donors (Lipinski definition) is 4. The van der Waals surface area contributed by atoms with Crippen LogP contribution < -0.4 is 21.4 Å². The SMILES string of the molecule is CCCNC(=O)Nc1cc(-c2nc(C(F)(F)F)cs2)c(-c2ccc3[nH]cc(C(=O)NCCC4CCN(C)CC4)c(=O)c3c2)cn1. The third-order valence-electron chi connectivity index (χ3n) is 7.82. The van der Waals surface area contributed by atoms with E-state index >= 15 is 0 Å². The number of thiazole rings is 1. The number of likely N-dealkylation sites (tertiary alicyclic amines) is 1. The molecule has 1 aromatic carbocycles. The van der Waals surface area contributed by atoms with Crippen LogP contribution in [0.5, 0.6) is 0 Å². The van der Waals surface area contributed by atoms with Gasteiger partial charge in [0, 0.05) is 52.9 Å². The van der Waals surface area contributed by atoms with Crippen molar-refractivity contribution in [2.45, 2.75) is 38.8 Å². The number of benzene rings is 1. The Balaban J connectivity index is 1.45. The normalized spacial score (nSPS) is 14.4. The molecule has 1 fully saturated rings. The van der Waals surface area contributed by atoms with E-state index in [4.69, 9.17) is 0 Å². The van der Waals surface area contributed by atoms with Crippen LogP contribution in [0.25, 0.3) is 32.6 Å². The first-order chi connectivity index (χ1) is 21.5. The fourth-order valence-electron chi connectivity index (χ4n) is 5.25. The number of urea groups is 1. The summed E-state index contributed by atoms with van der Waals surface area (Å²) in [7, 11) is 2.09. The number of nitrogens with one attached hydrogen (secondary N) is 4. The lowest BCUT2D eigenvalue weighted by atomic mass is 9.94. The summed E-state index contributed by atoms with van der Waals surface area (Å²) in [6.07, 6.45) is 1.86. The highest BCUT2D eigenvalue weighted by molar-refractivity contribution is 7.13. The topological polar surface area (TPSA) is 132 Å². The number of aromatic amines is 1. The fraction of sp³-hybridized carbons (Fsp3) is 0.387. The first-order valence-corrected chi connectivity index (χ1v) is 15.6. The van der Waals surface area contributed by atoms with Gasteiger partial charge in [-0.05, 0) is 75.5 Å². The minimum atomic E-state index is -4.64. The maximum atomic E-state index is 13.5. The summed E-state index contributed by atoms with van der Waals surface area (Å²) in [5.74, 6) is 0.168. The van der Waals surface area contributed by atoms with Gasteiger partial charge in [0.15, 0.2) is 5.69 Å². The van der Waals surface area contributed by atoms with Crippen LogP contribution in [0, 0.1) is 5.92 Å². The molecule has 4 heterocycles. The number of H-pyrrole nitrogens is 1. The summed E-state index contributed by atoms with van der Waals surface area (Å²) in [4.78, 5) is 52.1. The van der Waals surface area contributed by atoms with Crippen molar-refractivity contribution in [3.63, 3.8) is 0 Å². The van der Waals surface area contributed by atoms with E-state index in [1.807, 2.05) is 6.92 Å². The third kappa shape index (κ3) is 7.68. The highest BCUT2D eigenvalue weighted by Gasteiger charge is 2.34. The number of carbonyl (C=O) groups excluding carboxylic acids is 2. The number of carbonyl (C=O) groups is 2. The van der Waals surface area contributed by atoms with Gasteiger partial charge in [-0.15, -0.1) is 11.3 Å². The number of hydrogen-bond acceptors (Lipinski definition) is 7. The van der Waals surface area contributed by atoms with E-state index in [-0.39, 0.29) is 27.3 Å². The Kier molecular flexibility index (Phi) is 9.83. The first kappa shape index (κ1) is 32.1. The number of alkyl halides is 3. The van der Waals surface area contributed by atoms with Crippen molar-refractivity contribution in [3.8, 4) is 21.7 Å². The highest BCUT2D eigenvalue weighted by Crippen LogP contribution is 2.38. The lowest BCUT2D eigenvalue weighted by Gasteiger charge is -2.28. The number of rotatable bonds is 9. The minimum absolute atomic E-state index is 0.0336. The van der Waals surface area contributed by atoms with Gasteiger partial charge in [-0.25, -0.2) is 14.8 Å². The van der Waals surface area contributed by atoms with Crippen LogP contribution in [0.2, 0.25) is 0 Å². The maximum Gasteiger partial charge on any atom is 0.434 e. The Morgan fingerprint density at radius 2 is 1.89 bits per heavy atom. The summed E-state index contributed by atoms with van der Waals surface area (Å²) in [6.45, 7) is 4.85. The summed E-state index contributed by atoms with van der Waals surface area (Å²) >= 11 is 0.800. The van der Waals surface area contributed by atoms with Crippen molar-refractivity contribution < 1.29 is 22.8 Å². The maximum absolute atomic E-state index is 13.5. The van der Waals surface area contributed by atoms with Gasteiger partial charge >= 0.3 is 12.2 Å². The van der Waals surface area contributed by atoms with Gasteiger partial charge in [0.25, 0.3) is 5.91 Å². The standard InChI is InChI=1S/C31H34F3N7O3S/c1-3-9-36-30(44)40-26-14-20(29-39-25(17-45-29)31(32,33)34)22(15-38-26)19-4-5-24-21(13-19)27(42)23(16-37-24)28(43)35-10-6-18-7-11-41(2)12-8-18/h4-5,13-18H,3,6-12H2,1-2H3,(H,35,43)(H,37,42)(H2,36,38,40,44). The molecule has 14 heteroatoms. The molecule has 0 radical (unpaired) electrons. The molecule has 0 aliphatic carbocycles. The molecule has 5 rings (SSSR count). The quantitative estimate of drug-likeness (QED) is 0.185. The zero-order valence-electron chi connectivity index (χ0n) is 24.9. The lowest BCUT2D eigenvalue weighted by molar-refractivity contribution is -0.140. The molecule has 0 bridgehead atoms. The second kappa shape index (κ2) is 13.8. The molecular weight excluding hydrogens is 607 g/mol. The van der Waals surface area contributed by atoms with E-state index < -0.39 is 29.2 Å². The van der Waals surface area contributed by atoms with Gasteiger partial charge < -0.3 is 20.5 Å². The smallest absolute Gasteiger partial charge is 0.360 e. The molecule has 0 unspecified atom stereocenters. The Bertz CT molecular complexity index is 1750. The zero-order chi connectivity index (χ0) is 32.1. The first-order valence-electron chi connectivity index (χ1n) is 14.7. The lowest BCUT2D eigenvalue weighted by Crippen LogP contribution is -2.34. The van der Waals surface area contributed by atoms with Crippen molar-refractivity contribution in [2.24, 2.45) is 5.92 Å². The molecule has 3 amide bonds. The largest absolute Gasteiger partial charge is 0.434 e. The molecule has 0 atom stereocenters. The summed E-state index contributed by atoms with van der Waals surface area (Å²) in [5.41, 5.74) is 0.0930. The molecule has 0 spiro atoms. The number of pyridine rings is 2. The number of anilines is 1. The van der Waals surface area contributed by atoms with Crippen LogP contribution in [0.4, 0.5) is 23.8 Å². The predicted octanol–water partition coefficient (Wildman–Crippen LogP) is 5.73. The molecule has 4 aromatic rings. The molecular formula is C31H34F3N7O3S. The summed E-state index contributed by atoms with van der Waals surface area (Å²) in [6, 6.07) is 5.86. The summed E-state index contributed by atoms with van der Waals surface area (Å²) < 4.78 is 40.2.